The molecule has 0 fully saturated rings. The Morgan fingerprint density at radius 3 is 2.30 bits per heavy atom. The zero-order chi connectivity index (χ0) is 19.7. The van der Waals surface area contributed by atoms with Gasteiger partial charge in [0.05, 0.1) is 23.8 Å². The second-order valence-corrected chi connectivity index (χ2v) is 5.67. The SMILES string of the molecule is CCCCCCOc1ccc(C(=O)OOOC(=O)OCCOCCC)cc1. The first kappa shape index (κ1) is 22.7. The van der Waals surface area contributed by atoms with E-state index in [1.807, 2.05) is 6.92 Å². The summed E-state index contributed by atoms with van der Waals surface area (Å²) in [7, 11) is 0. The molecule has 152 valence electrons. The van der Waals surface area contributed by atoms with Gasteiger partial charge in [0.1, 0.15) is 12.4 Å². The van der Waals surface area contributed by atoms with Crippen LogP contribution in [0.25, 0.3) is 0 Å². The highest BCUT2D eigenvalue weighted by molar-refractivity contribution is 5.89. The van der Waals surface area contributed by atoms with Crippen LogP contribution in [0.4, 0.5) is 4.79 Å². The third-order valence-electron chi connectivity index (χ3n) is 3.36. The smallest absolute Gasteiger partial charge is 0.494 e. The molecule has 0 saturated carbocycles. The molecule has 0 heterocycles. The van der Waals surface area contributed by atoms with E-state index >= 15 is 0 Å². The number of rotatable bonds is 14. The van der Waals surface area contributed by atoms with Crippen molar-refractivity contribution in [3.63, 3.8) is 0 Å². The fourth-order valence-corrected chi connectivity index (χ4v) is 1.98. The van der Waals surface area contributed by atoms with Crippen molar-refractivity contribution in [2.24, 2.45) is 0 Å². The third-order valence-corrected chi connectivity index (χ3v) is 3.36. The normalized spacial score (nSPS) is 10.3. The summed E-state index contributed by atoms with van der Waals surface area (Å²) in [6.45, 7) is 5.58. The minimum absolute atomic E-state index is 0.00997. The standard InChI is InChI=1S/C19H28O8/c1-3-5-6-7-13-23-17-10-8-16(9-11-17)18(20)25-27-26-19(21)24-15-14-22-12-4-2/h8-11H,3-7,12-15H2,1-2H3. The summed E-state index contributed by atoms with van der Waals surface area (Å²) in [5.41, 5.74) is 0.221. The third kappa shape index (κ3) is 11.1. The number of benzene rings is 1. The molecule has 0 bridgehead atoms. The number of carbonyl (C=O) groups excluding carboxylic acids is 2. The fourth-order valence-electron chi connectivity index (χ4n) is 1.98. The van der Waals surface area contributed by atoms with Gasteiger partial charge in [-0.05, 0) is 37.1 Å². The summed E-state index contributed by atoms with van der Waals surface area (Å²) >= 11 is 0. The Morgan fingerprint density at radius 2 is 1.59 bits per heavy atom. The fraction of sp³-hybridized carbons (Fsp3) is 0.579. The Bertz CT molecular complexity index is 529. The first-order valence-electron chi connectivity index (χ1n) is 9.20. The molecule has 0 saturated heterocycles. The molecule has 8 heteroatoms. The Labute approximate surface area is 159 Å². The molecule has 0 aliphatic rings. The van der Waals surface area contributed by atoms with Crippen LogP contribution in [-0.2, 0) is 24.3 Å². The molecule has 1 aromatic rings. The van der Waals surface area contributed by atoms with Crippen molar-refractivity contribution >= 4 is 12.1 Å². The van der Waals surface area contributed by atoms with E-state index in [1.54, 1.807) is 12.1 Å². The van der Waals surface area contributed by atoms with E-state index in [0.29, 0.717) is 19.0 Å². The molecule has 0 aliphatic carbocycles. The summed E-state index contributed by atoms with van der Waals surface area (Å²) in [5, 5.41) is 4.13. The van der Waals surface area contributed by atoms with Crippen molar-refractivity contribution < 1.29 is 38.6 Å². The van der Waals surface area contributed by atoms with E-state index in [1.165, 1.54) is 25.0 Å². The molecule has 0 aliphatic heterocycles. The molecule has 27 heavy (non-hydrogen) atoms. The average molecular weight is 384 g/mol. The van der Waals surface area contributed by atoms with E-state index in [9.17, 15) is 9.59 Å². The van der Waals surface area contributed by atoms with Gasteiger partial charge in [0.25, 0.3) is 0 Å². The summed E-state index contributed by atoms with van der Waals surface area (Å²) < 4.78 is 15.3. The van der Waals surface area contributed by atoms with Crippen molar-refractivity contribution in [2.75, 3.05) is 26.4 Å². The van der Waals surface area contributed by atoms with Gasteiger partial charge in [0.2, 0.25) is 0 Å². The minimum atomic E-state index is -1.13. The van der Waals surface area contributed by atoms with Crippen LogP contribution < -0.4 is 4.74 Å². The Hall–Kier alpha value is -2.32. The zero-order valence-electron chi connectivity index (χ0n) is 15.9. The molecule has 8 nitrogen and oxygen atoms in total. The van der Waals surface area contributed by atoms with Crippen LogP contribution >= 0.6 is 0 Å². The minimum Gasteiger partial charge on any atom is -0.494 e. The van der Waals surface area contributed by atoms with E-state index < -0.39 is 12.1 Å². The molecule has 1 rings (SSSR count). The van der Waals surface area contributed by atoms with Crippen molar-refractivity contribution in [1.29, 1.82) is 0 Å². The van der Waals surface area contributed by atoms with E-state index in [4.69, 9.17) is 9.47 Å². The van der Waals surface area contributed by atoms with Gasteiger partial charge in [-0.25, -0.2) is 14.5 Å². The highest BCUT2D eigenvalue weighted by Gasteiger charge is 2.12. The Morgan fingerprint density at radius 1 is 0.815 bits per heavy atom. The van der Waals surface area contributed by atoms with E-state index in [-0.39, 0.29) is 18.8 Å². The molecule has 0 spiro atoms. The summed E-state index contributed by atoms with van der Waals surface area (Å²) in [6.07, 6.45) is 4.23. The highest BCUT2D eigenvalue weighted by atomic mass is 17.5. The monoisotopic (exact) mass is 384 g/mol. The van der Waals surface area contributed by atoms with Crippen LogP contribution in [0.5, 0.6) is 5.75 Å². The van der Waals surface area contributed by atoms with Gasteiger partial charge in [-0.3, -0.25) is 4.89 Å². The van der Waals surface area contributed by atoms with Crippen LogP contribution in [-0.4, -0.2) is 38.6 Å². The largest absolute Gasteiger partial charge is 0.543 e. The molecular weight excluding hydrogens is 356 g/mol. The molecular formula is C19H28O8. The average Bonchev–Trinajstić information content (AvgIpc) is 2.68. The van der Waals surface area contributed by atoms with Gasteiger partial charge in [0, 0.05) is 6.61 Å². The first-order valence-corrected chi connectivity index (χ1v) is 9.20. The van der Waals surface area contributed by atoms with Crippen molar-refractivity contribution in [3.8, 4) is 5.75 Å². The number of ether oxygens (including phenoxy) is 3. The van der Waals surface area contributed by atoms with Gasteiger partial charge in [-0.15, -0.1) is 0 Å². The lowest BCUT2D eigenvalue weighted by Gasteiger charge is -2.07. The van der Waals surface area contributed by atoms with Crippen LogP contribution in [0.3, 0.4) is 0 Å². The number of hydrogen-bond donors (Lipinski definition) is 0. The van der Waals surface area contributed by atoms with Gasteiger partial charge in [0.15, 0.2) is 0 Å². The lowest BCUT2D eigenvalue weighted by Crippen LogP contribution is -2.14. The van der Waals surface area contributed by atoms with Crippen LogP contribution in [0.1, 0.15) is 56.3 Å². The van der Waals surface area contributed by atoms with Gasteiger partial charge < -0.3 is 14.2 Å². The molecule has 0 atom stereocenters. The number of carbonyl (C=O) groups is 2. The molecule has 0 amide bonds. The van der Waals surface area contributed by atoms with Crippen molar-refractivity contribution in [1.82, 2.24) is 0 Å². The molecule has 1 aromatic carbocycles. The van der Waals surface area contributed by atoms with Crippen LogP contribution in [0, 0.1) is 0 Å². The predicted molar refractivity (Wildman–Crippen MR) is 96.1 cm³/mol. The Kier molecular flexibility index (Phi) is 12.5. The van der Waals surface area contributed by atoms with E-state index in [0.717, 1.165) is 19.3 Å². The number of hydrogen-bond acceptors (Lipinski definition) is 8. The van der Waals surface area contributed by atoms with Crippen molar-refractivity contribution in [3.05, 3.63) is 29.8 Å². The summed E-state index contributed by atoms with van der Waals surface area (Å²) in [6, 6.07) is 6.36. The van der Waals surface area contributed by atoms with Gasteiger partial charge in [-0.2, -0.15) is 0 Å². The topological polar surface area (TPSA) is 89.5 Å². The first-order chi connectivity index (χ1) is 13.2. The van der Waals surface area contributed by atoms with Crippen LogP contribution in [0.2, 0.25) is 0 Å². The lowest BCUT2D eigenvalue weighted by molar-refractivity contribution is -0.452. The summed E-state index contributed by atoms with van der Waals surface area (Å²) in [4.78, 5) is 31.5. The maximum atomic E-state index is 11.8. The van der Waals surface area contributed by atoms with Crippen LogP contribution in [0.15, 0.2) is 24.3 Å². The molecule has 0 unspecified atom stereocenters. The maximum Gasteiger partial charge on any atom is 0.543 e. The maximum absolute atomic E-state index is 11.8. The zero-order valence-corrected chi connectivity index (χ0v) is 15.9. The van der Waals surface area contributed by atoms with Gasteiger partial charge >= 0.3 is 12.1 Å². The molecule has 0 aromatic heterocycles. The van der Waals surface area contributed by atoms with Gasteiger partial charge in [-0.1, -0.05) is 33.1 Å². The highest BCUT2D eigenvalue weighted by Crippen LogP contribution is 2.14. The van der Waals surface area contributed by atoms with E-state index in [2.05, 4.69) is 26.5 Å². The Balaban J connectivity index is 2.18. The molecule has 0 radical (unpaired) electrons. The lowest BCUT2D eigenvalue weighted by atomic mass is 10.2. The van der Waals surface area contributed by atoms with Crippen molar-refractivity contribution in [2.45, 2.75) is 46.0 Å². The second kappa shape index (κ2) is 14.8. The second-order valence-electron chi connectivity index (χ2n) is 5.67. The summed E-state index contributed by atoms with van der Waals surface area (Å²) in [5.74, 6) is -0.155. The molecule has 0 N–H and O–H groups in total. The quantitative estimate of drug-likeness (QED) is 0.204. The predicted octanol–water partition coefficient (Wildman–Crippen LogP) is 4.23. The number of unbranched alkanes of at least 4 members (excludes halogenated alkanes) is 3.